The van der Waals surface area contributed by atoms with E-state index >= 15 is 0 Å². The second-order valence-corrected chi connectivity index (χ2v) is 8.44. The molecule has 0 spiro atoms. The van der Waals surface area contributed by atoms with E-state index in [1.165, 1.54) is 22.9 Å². The minimum Gasteiger partial charge on any atom is -0.507 e. The average molecular weight is 441 g/mol. The Morgan fingerprint density at radius 1 is 1.25 bits per heavy atom. The Morgan fingerprint density at radius 3 is 2.79 bits per heavy atom. The van der Waals surface area contributed by atoms with Crippen molar-refractivity contribution in [1.82, 2.24) is 10.2 Å². The molecule has 2 aromatic carbocycles. The van der Waals surface area contributed by atoms with Gasteiger partial charge in [0.25, 0.3) is 0 Å². The van der Waals surface area contributed by atoms with Crippen LogP contribution in [0, 0.1) is 5.92 Å². The Labute approximate surface area is 176 Å². The molecule has 148 valence electrons. The highest BCUT2D eigenvalue weighted by atomic mass is 79.9. The van der Waals surface area contributed by atoms with Crippen LogP contribution in [-0.2, 0) is 6.54 Å². The summed E-state index contributed by atoms with van der Waals surface area (Å²) in [6.45, 7) is 10.4. The number of hydrogen-bond donors (Lipinski definition) is 2. The first kappa shape index (κ1) is 20.7. The van der Waals surface area contributed by atoms with Gasteiger partial charge in [0.15, 0.2) is 0 Å². The third-order valence-electron chi connectivity index (χ3n) is 5.27. The van der Waals surface area contributed by atoms with Crippen molar-refractivity contribution in [3.8, 4) is 5.75 Å². The Bertz CT molecular complexity index is 846. The van der Waals surface area contributed by atoms with Crippen molar-refractivity contribution in [3.63, 3.8) is 0 Å². The van der Waals surface area contributed by atoms with Crippen LogP contribution in [0.3, 0.4) is 0 Å². The van der Waals surface area contributed by atoms with Crippen LogP contribution in [0.5, 0.6) is 5.75 Å². The number of hydrogen-bond acceptors (Lipinski definition) is 3. The number of allylic oxidation sites excluding steroid dienone is 3. The predicted octanol–water partition coefficient (Wildman–Crippen LogP) is 5.57. The molecule has 1 unspecified atom stereocenters. The minimum atomic E-state index is 0.270. The molecule has 0 bridgehead atoms. The van der Waals surface area contributed by atoms with Gasteiger partial charge in [-0.05, 0) is 61.6 Å². The Morgan fingerprint density at radius 2 is 2.00 bits per heavy atom. The van der Waals surface area contributed by atoms with Gasteiger partial charge in [-0.1, -0.05) is 58.9 Å². The van der Waals surface area contributed by atoms with E-state index < -0.39 is 0 Å². The van der Waals surface area contributed by atoms with Gasteiger partial charge < -0.3 is 10.4 Å². The number of phenols is 1. The topological polar surface area (TPSA) is 35.5 Å². The Hall–Kier alpha value is -2.04. The molecular weight excluding hydrogens is 412 g/mol. The van der Waals surface area contributed by atoms with Crippen molar-refractivity contribution in [2.24, 2.45) is 5.92 Å². The maximum Gasteiger partial charge on any atom is 0.123 e. The zero-order valence-electron chi connectivity index (χ0n) is 16.5. The third kappa shape index (κ3) is 5.73. The van der Waals surface area contributed by atoms with Crippen LogP contribution in [0.1, 0.15) is 30.9 Å². The van der Waals surface area contributed by atoms with Gasteiger partial charge in [0.2, 0.25) is 0 Å². The quantitative estimate of drug-likeness (QED) is 0.552. The fourth-order valence-electron chi connectivity index (χ4n) is 3.77. The molecule has 2 N–H and O–H groups in total. The minimum absolute atomic E-state index is 0.270. The van der Waals surface area contributed by atoms with Gasteiger partial charge in [-0.15, -0.1) is 0 Å². The average Bonchev–Trinajstić information content (AvgIpc) is 2.69. The standard InChI is InChI=1S/C24H29BrN2O/c1-18(22-10-4-6-12-24(22)28)14-19(2)26-15-20-8-7-13-27(16-20)17-21-9-3-5-11-23(21)25/h3-6,9-12,14,20,26,28H,1,7-8,13,15-17H2,2H3/b19-14+. The maximum absolute atomic E-state index is 9.98. The van der Waals surface area contributed by atoms with E-state index in [9.17, 15) is 5.11 Å². The normalized spacial score (nSPS) is 18.1. The van der Waals surface area contributed by atoms with Crippen LogP contribution in [0.2, 0.25) is 0 Å². The van der Waals surface area contributed by atoms with Crippen LogP contribution in [0.15, 0.2) is 71.4 Å². The lowest BCUT2D eigenvalue weighted by Crippen LogP contribution is -2.39. The molecule has 0 aromatic heterocycles. The lowest BCUT2D eigenvalue weighted by Gasteiger charge is -2.33. The highest BCUT2D eigenvalue weighted by Crippen LogP contribution is 2.25. The smallest absolute Gasteiger partial charge is 0.123 e. The Balaban J connectivity index is 1.52. The number of benzene rings is 2. The molecule has 1 saturated heterocycles. The molecule has 1 aliphatic rings. The van der Waals surface area contributed by atoms with Gasteiger partial charge >= 0.3 is 0 Å². The van der Waals surface area contributed by atoms with Crippen molar-refractivity contribution in [2.45, 2.75) is 26.3 Å². The second-order valence-electron chi connectivity index (χ2n) is 7.59. The predicted molar refractivity (Wildman–Crippen MR) is 121 cm³/mol. The first-order valence-electron chi connectivity index (χ1n) is 9.88. The summed E-state index contributed by atoms with van der Waals surface area (Å²) < 4.78 is 1.19. The van der Waals surface area contributed by atoms with Crippen LogP contribution in [0.4, 0.5) is 0 Å². The number of piperidine rings is 1. The summed E-state index contributed by atoms with van der Waals surface area (Å²) in [6.07, 6.45) is 4.51. The molecule has 3 nitrogen and oxygen atoms in total. The van der Waals surface area contributed by atoms with Crippen LogP contribution in [-0.4, -0.2) is 29.6 Å². The Kier molecular flexibility index (Phi) is 7.35. The molecule has 1 heterocycles. The van der Waals surface area contributed by atoms with Crippen molar-refractivity contribution in [2.75, 3.05) is 19.6 Å². The highest BCUT2D eigenvalue weighted by Gasteiger charge is 2.20. The molecule has 1 fully saturated rings. The van der Waals surface area contributed by atoms with E-state index in [1.54, 1.807) is 6.07 Å². The molecule has 0 saturated carbocycles. The van der Waals surface area contributed by atoms with E-state index in [0.29, 0.717) is 5.92 Å². The summed E-state index contributed by atoms with van der Waals surface area (Å²) in [5, 5.41) is 13.5. The lowest BCUT2D eigenvalue weighted by molar-refractivity contribution is 0.167. The molecule has 2 aromatic rings. The zero-order valence-corrected chi connectivity index (χ0v) is 18.1. The molecule has 4 heteroatoms. The van der Waals surface area contributed by atoms with Crippen LogP contribution < -0.4 is 5.32 Å². The molecule has 3 rings (SSSR count). The SMILES string of the molecule is C=C(/C=C(\C)NCC1CCCN(Cc2ccccc2Br)C1)c1ccccc1O. The number of phenolic OH excluding ortho intramolecular Hbond substituents is 1. The van der Waals surface area contributed by atoms with E-state index in [2.05, 4.69) is 63.9 Å². The van der Waals surface area contributed by atoms with E-state index in [0.717, 1.165) is 43.0 Å². The summed E-state index contributed by atoms with van der Waals surface area (Å²) in [5.41, 5.74) is 4.03. The number of aromatic hydroxyl groups is 1. The van der Waals surface area contributed by atoms with E-state index in [1.807, 2.05) is 24.3 Å². The van der Waals surface area contributed by atoms with E-state index in [4.69, 9.17) is 0 Å². The van der Waals surface area contributed by atoms with Gasteiger partial charge in [-0.3, -0.25) is 4.90 Å². The molecule has 0 amide bonds. The van der Waals surface area contributed by atoms with Gasteiger partial charge in [-0.2, -0.15) is 0 Å². The second kappa shape index (κ2) is 9.94. The molecule has 0 aliphatic carbocycles. The molecular formula is C24H29BrN2O. The first-order chi connectivity index (χ1) is 13.5. The van der Waals surface area contributed by atoms with Crippen molar-refractivity contribution in [1.29, 1.82) is 0 Å². The van der Waals surface area contributed by atoms with Crippen LogP contribution >= 0.6 is 15.9 Å². The molecule has 28 heavy (non-hydrogen) atoms. The van der Waals surface area contributed by atoms with Gasteiger partial charge in [0.1, 0.15) is 5.75 Å². The number of halogens is 1. The number of nitrogens with zero attached hydrogens (tertiary/aromatic N) is 1. The molecule has 1 atom stereocenters. The largest absolute Gasteiger partial charge is 0.507 e. The van der Waals surface area contributed by atoms with Gasteiger partial charge in [-0.25, -0.2) is 0 Å². The number of nitrogens with one attached hydrogen (secondary N) is 1. The summed E-state index contributed by atoms with van der Waals surface area (Å²) in [7, 11) is 0. The first-order valence-corrected chi connectivity index (χ1v) is 10.7. The zero-order chi connectivity index (χ0) is 19.9. The lowest BCUT2D eigenvalue weighted by atomic mass is 9.97. The van der Waals surface area contributed by atoms with Gasteiger partial charge in [0, 0.05) is 35.4 Å². The number of rotatable bonds is 7. The molecule has 0 radical (unpaired) electrons. The third-order valence-corrected chi connectivity index (χ3v) is 6.04. The maximum atomic E-state index is 9.98. The van der Waals surface area contributed by atoms with Crippen LogP contribution in [0.25, 0.3) is 5.57 Å². The number of para-hydroxylation sites is 1. The fourth-order valence-corrected chi connectivity index (χ4v) is 4.18. The van der Waals surface area contributed by atoms with Crippen molar-refractivity contribution < 1.29 is 5.11 Å². The molecule has 1 aliphatic heterocycles. The number of likely N-dealkylation sites (tertiary alicyclic amines) is 1. The van der Waals surface area contributed by atoms with Crippen molar-refractivity contribution >= 4 is 21.5 Å². The summed E-state index contributed by atoms with van der Waals surface area (Å²) in [6, 6.07) is 15.8. The fraction of sp³-hybridized carbons (Fsp3) is 0.333. The summed E-state index contributed by atoms with van der Waals surface area (Å²) >= 11 is 3.66. The van der Waals surface area contributed by atoms with Crippen molar-refractivity contribution in [3.05, 3.63) is 82.5 Å². The highest BCUT2D eigenvalue weighted by molar-refractivity contribution is 9.10. The monoisotopic (exact) mass is 440 g/mol. The van der Waals surface area contributed by atoms with E-state index in [-0.39, 0.29) is 5.75 Å². The van der Waals surface area contributed by atoms with Gasteiger partial charge in [0.05, 0.1) is 0 Å². The summed E-state index contributed by atoms with van der Waals surface area (Å²) in [5.74, 6) is 0.907. The summed E-state index contributed by atoms with van der Waals surface area (Å²) in [4.78, 5) is 2.55.